The Morgan fingerprint density at radius 2 is 1.69 bits per heavy atom. The quantitative estimate of drug-likeness (QED) is 0.373. The fourth-order valence-corrected chi connectivity index (χ4v) is 4.45. The van der Waals surface area contributed by atoms with Crippen LogP contribution in [0.25, 0.3) is 11.5 Å². The van der Waals surface area contributed by atoms with Gasteiger partial charge in [0.2, 0.25) is 5.91 Å². The van der Waals surface area contributed by atoms with Crippen molar-refractivity contribution >= 4 is 17.7 Å². The molecule has 6 heteroatoms. The van der Waals surface area contributed by atoms with Gasteiger partial charge in [0, 0.05) is 29.8 Å². The highest BCUT2D eigenvalue weighted by Gasteiger charge is 2.15. The number of hydrogen-bond acceptors (Lipinski definition) is 3. The number of benzene rings is 2. The van der Waals surface area contributed by atoms with E-state index in [1.807, 2.05) is 71.8 Å². The minimum Gasteiger partial charge on any atom is -0.353 e. The number of nitrogens with zero attached hydrogens (tertiary/aromatic N) is 3. The highest BCUT2D eigenvalue weighted by molar-refractivity contribution is 7.99. The van der Waals surface area contributed by atoms with Crippen LogP contribution in [0.4, 0.5) is 0 Å². The summed E-state index contributed by atoms with van der Waals surface area (Å²) in [5.74, 6) is 2.22. The second kappa shape index (κ2) is 10.9. The number of rotatable bonds is 10. The first-order valence-corrected chi connectivity index (χ1v) is 12.0. The molecule has 2 heterocycles. The molecule has 4 aromatic rings. The number of aryl methyl sites for hydroxylation is 1. The average Bonchev–Trinajstić information content (AvgIpc) is 3.49. The minimum absolute atomic E-state index is 0.0773. The molecule has 0 aliphatic heterocycles. The maximum atomic E-state index is 12.4. The molecule has 0 aliphatic rings. The first-order chi connectivity index (χ1) is 15.7. The van der Waals surface area contributed by atoms with Gasteiger partial charge in [0.1, 0.15) is 5.82 Å². The van der Waals surface area contributed by atoms with Gasteiger partial charge in [-0.05, 0) is 49.6 Å². The molecule has 0 saturated heterocycles. The number of amides is 1. The number of carbonyl (C=O) groups excluding carboxylic acids is 1. The molecule has 0 radical (unpaired) electrons. The van der Waals surface area contributed by atoms with Gasteiger partial charge in [0.25, 0.3) is 0 Å². The van der Waals surface area contributed by atoms with Crippen molar-refractivity contribution in [1.29, 1.82) is 0 Å². The Labute approximate surface area is 193 Å². The summed E-state index contributed by atoms with van der Waals surface area (Å²) < 4.78 is 4.02. The number of para-hydroxylation sites is 1. The third-order valence-electron chi connectivity index (χ3n) is 5.27. The van der Waals surface area contributed by atoms with E-state index < -0.39 is 0 Å². The first-order valence-electron chi connectivity index (χ1n) is 10.9. The fourth-order valence-electron chi connectivity index (χ4n) is 3.66. The van der Waals surface area contributed by atoms with Crippen molar-refractivity contribution in [2.24, 2.45) is 0 Å². The van der Waals surface area contributed by atoms with E-state index in [9.17, 15) is 4.79 Å². The minimum atomic E-state index is 0.0773. The first kappa shape index (κ1) is 22.0. The van der Waals surface area contributed by atoms with E-state index >= 15 is 0 Å². The smallest absolute Gasteiger partial charge is 0.230 e. The summed E-state index contributed by atoms with van der Waals surface area (Å²) in [5.41, 5.74) is 3.41. The largest absolute Gasteiger partial charge is 0.353 e. The van der Waals surface area contributed by atoms with Crippen molar-refractivity contribution in [2.75, 3.05) is 5.75 Å². The number of thioether (sulfide) groups is 1. The van der Waals surface area contributed by atoms with Crippen LogP contribution >= 0.6 is 11.8 Å². The SMILES string of the molecule is CC(CCc1ccccc1)NC(=O)CSCc1cnn(-c2ccccc2)c1-n1cccc1. The van der Waals surface area contributed by atoms with Crippen LogP contribution in [-0.4, -0.2) is 32.0 Å². The molecule has 164 valence electrons. The highest BCUT2D eigenvalue weighted by Crippen LogP contribution is 2.23. The molecule has 2 aromatic heterocycles. The van der Waals surface area contributed by atoms with Gasteiger partial charge in [-0.1, -0.05) is 48.5 Å². The molecule has 5 nitrogen and oxygen atoms in total. The van der Waals surface area contributed by atoms with Crippen LogP contribution in [0.1, 0.15) is 24.5 Å². The van der Waals surface area contributed by atoms with E-state index in [1.165, 1.54) is 5.56 Å². The van der Waals surface area contributed by atoms with Crippen LogP contribution in [0, 0.1) is 0 Å². The molecule has 32 heavy (non-hydrogen) atoms. The van der Waals surface area contributed by atoms with Crippen LogP contribution < -0.4 is 5.32 Å². The lowest BCUT2D eigenvalue weighted by atomic mass is 10.1. The maximum absolute atomic E-state index is 12.4. The third-order valence-corrected chi connectivity index (χ3v) is 6.26. The number of carbonyl (C=O) groups is 1. The normalized spacial score (nSPS) is 11.9. The predicted octanol–water partition coefficient (Wildman–Crippen LogP) is 5.03. The van der Waals surface area contributed by atoms with Crippen LogP contribution in [-0.2, 0) is 17.0 Å². The van der Waals surface area contributed by atoms with E-state index in [0.29, 0.717) is 11.5 Å². The van der Waals surface area contributed by atoms with E-state index in [-0.39, 0.29) is 11.9 Å². The van der Waals surface area contributed by atoms with Gasteiger partial charge in [-0.25, -0.2) is 4.68 Å². The zero-order valence-electron chi connectivity index (χ0n) is 18.2. The summed E-state index contributed by atoms with van der Waals surface area (Å²) in [7, 11) is 0. The summed E-state index contributed by atoms with van der Waals surface area (Å²) >= 11 is 1.61. The predicted molar refractivity (Wildman–Crippen MR) is 131 cm³/mol. The summed E-state index contributed by atoms with van der Waals surface area (Å²) in [6.45, 7) is 2.07. The zero-order valence-corrected chi connectivity index (χ0v) is 19.0. The lowest BCUT2D eigenvalue weighted by molar-refractivity contribution is -0.119. The molecule has 1 unspecified atom stereocenters. The van der Waals surface area contributed by atoms with Crippen molar-refractivity contribution < 1.29 is 4.79 Å². The van der Waals surface area contributed by atoms with Crippen molar-refractivity contribution in [2.45, 2.75) is 31.6 Å². The van der Waals surface area contributed by atoms with Gasteiger partial charge in [-0.15, -0.1) is 11.8 Å². The van der Waals surface area contributed by atoms with Crippen LogP contribution in [0.15, 0.2) is 91.4 Å². The zero-order chi connectivity index (χ0) is 22.2. The molecule has 4 rings (SSSR count). The molecule has 0 bridgehead atoms. The van der Waals surface area contributed by atoms with Crippen molar-refractivity contribution in [1.82, 2.24) is 19.7 Å². The van der Waals surface area contributed by atoms with Gasteiger partial charge in [0.05, 0.1) is 17.6 Å². The second-order valence-corrected chi connectivity index (χ2v) is 8.80. The van der Waals surface area contributed by atoms with Crippen LogP contribution in [0.3, 0.4) is 0 Å². The van der Waals surface area contributed by atoms with E-state index in [0.717, 1.165) is 29.9 Å². The van der Waals surface area contributed by atoms with Crippen molar-refractivity contribution in [3.05, 3.63) is 103 Å². The molecule has 1 amide bonds. The van der Waals surface area contributed by atoms with Gasteiger partial charge < -0.3 is 9.88 Å². The van der Waals surface area contributed by atoms with Crippen LogP contribution in [0.2, 0.25) is 0 Å². The molecular weight excluding hydrogens is 416 g/mol. The fraction of sp³-hybridized carbons (Fsp3) is 0.231. The lowest BCUT2D eigenvalue weighted by Gasteiger charge is -2.14. The number of hydrogen-bond donors (Lipinski definition) is 1. The Kier molecular flexibility index (Phi) is 7.46. The molecule has 1 atom stereocenters. The molecule has 0 spiro atoms. The third kappa shape index (κ3) is 5.71. The lowest BCUT2D eigenvalue weighted by Crippen LogP contribution is -2.34. The molecule has 0 aliphatic carbocycles. The Bertz CT molecular complexity index is 1110. The Balaban J connectivity index is 1.33. The van der Waals surface area contributed by atoms with E-state index in [1.54, 1.807) is 11.8 Å². The molecular formula is C26H28N4OS. The van der Waals surface area contributed by atoms with E-state index in [2.05, 4.69) is 46.2 Å². The number of nitrogens with one attached hydrogen (secondary N) is 1. The van der Waals surface area contributed by atoms with Gasteiger partial charge in [-0.2, -0.15) is 5.10 Å². The Morgan fingerprint density at radius 3 is 2.41 bits per heavy atom. The van der Waals surface area contributed by atoms with Gasteiger partial charge in [0.15, 0.2) is 0 Å². The Hall–Kier alpha value is -3.25. The summed E-state index contributed by atoms with van der Waals surface area (Å²) in [6, 6.07) is 24.6. The van der Waals surface area contributed by atoms with Crippen molar-refractivity contribution in [3.8, 4) is 11.5 Å². The maximum Gasteiger partial charge on any atom is 0.230 e. The molecule has 0 saturated carbocycles. The standard InChI is InChI=1S/C26H28N4OS/c1-21(14-15-22-10-4-2-5-11-22)28-25(31)20-32-19-23-18-27-30(24-12-6-3-7-13-24)26(23)29-16-8-9-17-29/h2-13,16-18,21H,14-15,19-20H2,1H3,(H,28,31). The summed E-state index contributed by atoms with van der Waals surface area (Å²) in [5, 5.41) is 7.75. The monoisotopic (exact) mass is 444 g/mol. The second-order valence-electron chi connectivity index (χ2n) is 7.82. The van der Waals surface area contributed by atoms with Gasteiger partial charge >= 0.3 is 0 Å². The highest BCUT2D eigenvalue weighted by atomic mass is 32.2. The van der Waals surface area contributed by atoms with Gasteiger partial charge in [-0.3, -0.25) is 4.79 Å². The molecule has 1 N–H and O–H groups in total. The van der Waals surface area contributed by atoms with Crippen LogP contribution in [0.5, 0.6) is 0 Å². The van der Waals surface area contributed by atoms with E-state index in [4.69, 9.17) is 0 Å². The molecule has 0 fully saturated rings. The van der Waals surface area contributed by atoms with Crippen molar-refractivity contribution in [3.63, 3.8) is 0 Å². The summed E-state index contributed by atoms with van der Waals surface area (Å²) in [6.07, 6.45) is 7.84. The topological polar surface area (TPSA) is 51.9 Å². The Morgan fingerprint density at radius 1 is 1.00 bits per heavy atom. The summed E-state index contributed by atoms with van der Waals surface area (Å²) in [4.78, 5) is 12.4. The molecule has 2 aromatic carbocycles. The number of aromatic nitrogens is 3. The average molecular weight is 445 g/mol.